The number of hydrogen-bond donors (Lipinski definition) is 4. The van der Waals surface area contributed by atoms with Gasteiger partial charge in [0.25, 0.3) is 5.91 Å². The Morgan fingerprint density at radius 1 is 1.30 bits per heavy atom. The van der Waals surface area contributed by atoms with Crippen LogP contribution in [-0.2, 0) is 0 Å². The van der Waals surface area contributed by atoms with Crippen molar-refractivity contribution in [3.63, 3.8) is 0 Å². The Morgan fingerprint density at radius 2 is 2.13 bits per heavy atom. The van der Waals surface area contributed by atoms with Crippen LogP contribution in [0.3, 0.4) is 0 Å². The lowest BCUT2D eigenvalue weighted by Gasteiger charge is -2.25. The first kappa shape index (κ1) is 18.5. The average Bonchev–Trinajstić information content (AvgIpc) is 3.65. The van der Waals surface area contributed by atoms with E-state index in [1.165, 1.54) is 12.5 Å². The summed E-state index contributed by atoms with van der Waals surface area (Å²) in [4.78, 5) is 24.7. The van der Waals surface area contributed by atoms with Gasteiger partial charge in [0.15, 0.2) is 0 Å². The van der Waals surface area contributed by atoms with Gasteiger partial charge in [-0.05, 0) is 49.8 Å². The normalized spacial score (nSPS) is 17.9. The van der Waals surface area contributed by atoms with Crippen LogP contribution in [0.15, 0.2) is 43.1 Å². The van der Waals surface area contributed by atoms with E-state index < -0.39 is 5.91 Å². The number of amides is 1. The van der Waals surface area contributed by atoms with Gasteiger partial charge in [-0.25, -0.2) is 14.6 Å². The van der Waals surface area contributed by atoms with E-state index in [2.05, 4.69) is 30.7 Å². The predicted molar refractivity (Wildman–Crippen MR) is 111 cm³/mol. The molecule has 154 valence electrons. The minimum atomic E-state index is -0.604. The number of benzene rings is 1. The fraction of sp³-hybridized carbons (Fsp3) is 0.350. The van der Waals surface area contributed by atoms with E-state index in [4.69, 9.17) is 11.5 Å². The zero-order chi connectivity index (χ0) is 20.7. The van der Waals surface area contributed by atoms with E-state index in [0.717, 1.165) is 37.1 Å². The Hall–Kier alpha value is -3.53. The van der Waals surface area contributed by atoms with Crippen molar-refractivity contribution in [2.45, 2.75) is 37.3 Å². The molecular weight excluding hydrogens is 382 g/mol. The van der Waals surface area contributed by atoms with Gasteiger partial charge in [0.05, 0.1) is 5.69 Å². The Labute approximate surface area is 173 Å². The van der Waals surface area contributed by atoms with Crippen molar-refractivity contribution >= 4 is 23.4 Å². The molecule has 2 fully saturated rings. The van der Waals surface area contributed by atoms with E-state index in [1.54, 1.807) is 11.0 Å². The Bertz CT molecular complexity index is 1070. The number of rotatable bonds is 8. The van der Waals surface area contributed by atoms with Gasteiger partial charge in [0.1, 0.15) is 24.0 Å². The molecule has 10 heteroatoms. The number of carbonyl (C=O) groups excluding carboxylic acids is 1. The molecule has 6 N–H and O–H groups in total. The monoisotopic (exact) mass is 405 g/mol. The van der Waals surface area contributed by atoms with Crippen LogP contribution in [0, 0.1) is 5.92 Å². The second kappa shape index (κ2) is 7.06. The topological polar surface area (TPSA) is 150 Å². The quantitative estimate of drug-likeness (QED) is 0.441. The fourth-order valence-electron chi connectivity index (χ4n) is 3.69. The van der Waals surface area contributed by atoms with Crippen LogP contribution < -0.4 is 22.1 Å². The molecule has 2 aliphatic rings. The number of nitrogens with two attached hydrogens (primary N) is 2. The summed E-state index contributed by atoms with van der Waals surface area (Å²) >= 11 is 0. The molecule has 10 nitrogen and oxygen atoms in total. The Kier molecular flexibility index (Phi) is 4.35. The number of hydrogen-bond acceptors (Lipinski definition) is 8. The van der Waals surface area contributed by atoms with Crippen molar-refractivity contribution in [3.05, 3.63) is 48.7 Å². The molecule has 0 saturated heterocycles. The Morgan fingerprint density at radius 3 is 2.80 bits per heavy atom. The summed E-state index contributed by atoms with van der Waals surface area (Å²) in [7, 11) is 0. The molecule has 0 aliphatic heterocycles. The number of anilines is 3. The molecule has 0 spiro atoms. The fourth-order valence-corrected chi connectivity index (χ4v) is 3.69. The zero-order valence-corrected chi connectivity index (χ0v) is 16.3. The lowest BCUT2D eigenvalue weighted by atomic mass is 10.0. The number of carbonyl (C=O) groups is 1. The van der Waals surface area contributed by atoms with Crippen molar-refractivity contribution in [1.29, 1.82) is 0 Å². The summed E-state index contributed by atoms with van der Waals surface area (Å²) in [5.41, 5.74) is 13.6. The maximum Gasteiger partial charge on any atom is 0.254 e. The van der Waals surface area contributed by atoms with E-state index in [1.807, 2.05) is 24.3 Å². The summed E-state index contributed by atoms with van der Waals surface area (Å²) in [5, 5.41) is 10.7. The second-order valence-corrected chi connectivity index (χ2v) is 8.03. The lowest BCUT2D eigenvalue weighted by Crippen LogP contribution is -2.44. The zero-order valence-electron chi connectivity index (χ0n) is 16.3. The molecule has 1 unspecified atom stereocenters. The molecule has 1 aromatic carbocycles. The molecule has 2 aliphatic carbocycles. The van der Waals surface area contributed by atoms with Crippen molar-refractivity contribution in [2.75, 3.05) is 10.6 Å². The third kappa shape index (κ3) is 3.69. The van der Waals surface area contributed by atoms with E-state index in [0.29, 0.717) is 17.7 Å². The molecular formula is C20H23N9O. The van der Waals surface area contributed by atoms with Crippen LogP contribution in [0.1, 0.15) is 36.0 Å². The summed E-state index contributed by atoms with van der Waals surface area (Å²) in [6, 6.07) is 7.66. The smallest absolute Gasteiger partial charge is 0.254 e. The first-order valence-corrected chi connectivity index (χ1v) is 9.96. The summed E-state index contributed by atoms with van der Waals surface area (Å²) in [5.74, 6) is 0.719. The highest BCUT2D eigenvalue weighted by Crippen LogP contribution is 2.47. The van der Waals surface area contributed by atoms with Gasteiger partial charge in [0, 0.05) is 23.5 Å². The third-order valence-corrected chi connectivity index (χ3v) is 5.67. The van der Waals surface area contributed by atoms with Crippen LogP contribution >= 0.6 is 0 Å². The maximum absolute atomic E-state index is 11.9. The average molecular weight is 405 g/mol. The molecule has 2 saturated carbocycles. The lowest BCUT2D eigenvalue weighted by molar-refractivity contribution is 0.100. The molecule has 0 bridgehead atoms. The maximum atomic E-state index is 11.9. The number of primary amides is 1. The van der Waals surface area contributed by atoms with E-state index in [9.17, 15) is 4.79 Å². The molecule has 1 amide bonds. The van der Waals surface area contributed by atoms with Crippen molar-refractivity contribution in [1.82, 2.24) is 24.7 Å². The second-order valence-electron chi connectivity index (χ2n) is 8.03. The molecule has 2 heterocycles. The number of nitrogens with one attached hydrogen (secondary N) is 2. The highest BCUT2D eigenvalue weighted by Gasteiger charge is 2.52. The van der Waals surface area contributed by atoms with Gasteiger partial charge in [-0.2, -0.15) is 10.1 Å². The van der Waals surface area contributed by atoms with Gasteiger partial charge in [0.2, 0.25) is 5.95 Å². The number of nitrogens with zero attached hydrogens (tertiary/aromatic N) is 5. The third-order valence-electron chi connectivity index (χ3n) is 5.67. The largest absolute Gasteiger partial charge is 0.365 e. The summed E-state index contributed by atoms with van der Waals surface area (Å²) in [6.45, 7) is 0. The highest BCUT2D eigenvalue weighted by molar-refractivity contribution is 5.98. The minimum absolute atomic E-state index is 0.139. The SMILES string of the molecule is NC(=O)c1cnc(NC(C2CC2)C2(N)CC2)nc1Nc1cccc(-n2cncn2)c1. The molecule has 0 radical (unpaired) electrons. The molecule has 3 aromatic rings. The Balaban J connectivity index is 1.43. The van der Waals surface area contributed by atoms with Gasteiger partial charge >= 0.3 is 0 Å². The van der Waals surface area contributed by atoms with Crippen molar-refractivity contribution in [2.24, 2.45) is 17.4 Å². The summed E-state index contributed by atoms with van der Waals surface area (Å²) < 4.78 is 1.64. The van der Waals surface area contributed by atoms with E-state index >= 15 is 0 Å². The molecule has 30 heavy (non-hydrogen) atoms. The first-order chi connectivity index (χ1) is 14.5. The van der Waals surface area contributed by atoms with Gasteiger partial charge in [-0.3, -0.25) is 4.79 Å². The van der Waals surface area contributed by atoms with Gasteiger partial charge in [-0.1, -0.05) is 6.07 Å². The van der Waals surface area contributed by atoms with Crippen LogP contribution in [0.4, 0.5) is 17.5 Å². The van der Waals surface area contributed by atoms with Gasteiger partial charge in [-0.15, -0.1) is 0 Å². The van der Waals surface area contributed by atoms with E-state index in [-0.39, 0.29) is 17.1 Å². The summed E-state index contributed by atoms with van der Waals surface area (Å²) in [6.07, 6.45) is 8.85. The molecule has 5 rings (SSSR count). The van der Waals surface area contributed by atoms with Crippen LogP contribution in [0.25, 0.3) is 5.69 Å². The minimum Gasteiger partial charge on any atom is -0.365 e. The predicted octanol–water partition coefficient (Wildman–Crippen LogP) is 1.58. The first-order valence-electron chi connectivity index (χ1n) is 9.96. The number of aromatic nitrogens is 5. The molecule has 1 atom stereocenters. The molecule has 2 aromatic heterocycles. The highest BCUT2D eigenvalue weighted by atomic mass is 16.1. The van der Waals surface area contributed by atoms with Gasteiger partial charge < -0.3 is 22.1 Å². The van der Waals surface area contributed by atoms with Crippen LogP contribution in [0.5, 0.6) is 0 Å². The standard InChI is InChI=1S/C20H23N9O/c21-17(30)15-9-24-19(27-16(12-4-5-12)20(22)6-7-20)28-18(15)26-13-2-1-3-14(8-13)29-11-23-10-25-29/h1-3,8-12,16H,4-7,22H2,(H2,21,30)(H2,24,26,27,28). The van der Waals surface area contributed by atoms with Crippen molar-refractivity contribution in [3.8, 4) is 5.69 Å². The van der Waals surface area contributed by atoms with Crippen LogP contribution in [0.2, 0.25) is 0 Å². The van der Waals surface area contributed by atoms with Crippen molar-refractivity contribution < 1.29 is 4.79 Å². The van der Waals surface area contributed by atoms with Crippen LogP contribution in [-0.4, -0.2) is 42.2 Å².